The topological polar surface area (TPSA) is 117 Å². The Labute approximate surface area is 189 Å². The number of piperidine rings is 1. The van der Waals surface area contributed by atoms with E-state index in [0.29, 0.717) is 22.4 Å². The highest BCUT2D eigenvalue weighted by molar-refractivity contribution is 14.0. The van der Waals surface area contributed by atoms with Crippen molar-refractivity contribution >= 4 is 45.6 Å². The minimum Gasteiger partial charge on any atom is -0.357 e. The normalized spacial score (nSPS) is 16.6. The monoisotopic (exact) mass is 565 g/mol. The van der Waals surface area contributed by atoms with Crippen LogP contribution in [0.15, 0.2) is 29.3 Å². The zero-order valence-corrected chi connectivity index (χ0v) is 19.2. The maximum Gasteiger partial charge on any atom is 0.511 e. The summed E-state index contributed by atoms with van der Waals surface area (Å²) in [6, 6.07) is 5.78. The number of hydrogen-bond acceptors (Lipinski definition) is 5. The van der Waals surface area contributed by atoms with Crippen molar-refractivity contribution in [2.75, 3.05) is 19.6 Å². The van der Waals surface area contributed by atoms with Crippen molar-refractivity contribution < 1.29 is 26.5 Å². The summed E-state index contributed by atoms with van der Waals surface area (Å²) < 4.78 is 61.3. The largest absolute Gasteiger partial charge is 0.511 e. The predicted molar refractivity (Wildman–Crippen MR) is 116 cm³/mol. The van der Waals surface area contributed by atoms with Gasteiger partial charge in [0.25, 0.3) is 5.69 Å². The smallest absolute Gasteiger partial charge is 0.357 e. The van der Waals surface area contributed by atoms with E-state index in [1.807, 2.05) is 6.92 Å². The van der Waals surface area contributed by atoms with Gasteiger partial charge in [-0.3, -0.25) is 10.1 Å². The van der Waals surface area contributed by atoms with E-state index in [9.17, 15) is 31.7 Å². The lowest BCUT2D eigenvalue weighted by Crippen LogP contribution is -2.51. The van der Waals surface area contributed by atoms with Crippen LogP contribution in [0.25, 0.3) is 0 Å². The van der Waals surface area contributed by atoms with E-state index < -0.39 is 20.5 Å². The molecule has 0 amide bonds. The number of aliphatic imine (C=N–C) groups is 1. The van der Waals surface area contributed by atoms with Gasteiger partial charge in [-0.2, -0.15) is 17.5 Å². The summed E-state index contributed by atoms with van der Waals surface area (Å²) in [5.41, 5.74) is -4.72. The molecule has 0 aromatic heterocycles. The van der Waals surface area contributed by atoms with E-state index in [1.54, 1.807) is 12.1 Å². The van der Waals surface area contributed by atoms with Gasteiger partial charge >= 0.3 is 15.5 Å². The Bertz CT molecular complexity index is 859. The Kier molecular flexibility index (Phi) is 9.74. The van der Waals surface area contributed by atoms with Gasteiger partial charge in [-0.05, 0) is 25.3 Å². The first-order valence-electron chi connectivity index (χ1n) is 8.89. The number of halogens is 4. The fourth-order valence-corrected chi connectivity index (χ4v) is 3.82. The second kappa shape index (κ2) is 11.1. The fraction of sp³-hybridized carbons (Fsp3) is 0.562. The molecule has 0 unspecified atom stereocenters. The minimum absolute atomic E-state index is 0. The molecule has 1 aromatic carbocycles. The number of rotatable bonds is 6. The molecule has 0 atom stereocenters. The van der Waals surface area contributed by atoms with Crippen LogP contribution < -0.4 is 10.6 Å². The highest BCUT2D eigenvalue weighted by Crippen LogP contribution is 2.28. The summed E-state index contributed by atoms with van der Waals surface area (Å²) in [6.45, 7) is 2.04. The predicted octanol–water partition coefficient (Wildman–Crippen LogP) is 2.58. The van der Waals surface area contributed by atoms with Crippen molar-refractivity contribution in [3.63, 3.8) is 0 Å². The van der Waals surface area contributed by atoms with Crippen LogP contribution in [0.3, 0.4) is 0 Å². The molecule has 1 aliphatic heterocycles. The van der Waals surface area contributed by atoms with Gasteiger partial charge in [0.05, 0.1) is 11.5 Å². The Balaban J connectivity index is 0.00000450. The summed E-state index contributed by atoms with van der Waals surface area (Å²) >= 11 is 0. The molecule has 0 spiro atoms. The first kappa shape index (κ1) is 26.4. The number of sulfonamides is 1. The lowest BCUT2D eigenvalue weighted by molar-refractivity contribution is -0.384. The van der Waals surface area contributed by atoms with E-state index in [-0.39, 0.29) is 68.2 Å². The van der Waals surface area contributed by atoms with Crippen LogP contribution in [0.2, 0.25) is 0 Å². The van der Waals surface area contributed by atoms with Gasteiger partial charge in [0.15, 0.2) is 5.96 Å². The van der Waals surface area contributed by atoms with E-state index in [0.717, 1.165) is 0 Å². The SMILES string of the molecule is CCNC(=NCc1cccc([N+](=O)[O-])c1)NC1CCN(S(=O)(=O)C(F)(F)F)CC1.I. The third-order valence-corrected chi connectivity index (χ3v) is 5.94. The van der Waals surface area contributed by atoms with E-state index in [4.69, 9.17) is 0 Å². The minimum atomic E-state index is -5.31. The number of nitro groups is 1. The molecule has 2 rings (SSSR count). The summed E-state index contributed by atoms with van der Waals surface area (Å²) in [4.78, 5) is 14.7. The van der Waals surface area contributed by atoms with Crippen molar-refractivity contribution in [1.29, 1.82) is 0 Å². The Morgan fingerprint density at radius 2 is 1.97 bits per heavy atom. The van der Waals surface area contributed by atoms with Gasteiger partial charge in [-0.25, -0.2) is 13.4 Å². The number of nitrogens with one attached hydrogen (secondary N) is 2. The first-order chi connectivity index (χ1) is 13.5. The molecular formula is C16H23F3IN5O4S. The van der Waals surface area contributed by atoms with Crippen LogP contribution >= 0.6 is 24.0 Å². The molecule has 0 saturated carbocycles. The van der Waals surface area contributed by atoms with Crippen LogP contribution in [0.4, 0.5) is 18.9 Å². The van der Waals surface area contributed by atoms with E-state index >= 15 is 0 Å². The molecule has 1 heterocycles. The van der Waals surface area contributed by atoms with E-state index in [1.165, 1.54) is 12.1 Å². The first-order valence-corrected chi connectivity index (χ1v) is 10.3. The van der Waals surface area contributed by atoms with Crippen LogP contribution in [-0.4, -0.2) is 54.8 Å². The second-order valence-electron chi connectivity index (χ2n) is 6.39. The molecule has 1 aliphatic rings. The molecule has 1 saturated heterocycles. The van der Waals surface area contributed by atoms with Crippen molar-refractivity contribution in [2.24, 2.45) is 4.99 Å². The highest BCUT2D eigenvalue weighted by atomic mass is 127. The lowest BCUT2D eigenvalue weighted by atomic mass is 10.1. The van der Waals surface area contributed by atoms with Gasteiger partial charge in [0.1, 0.15) is 0 Å². The molecule has 14 heteroatoms. The Morgan fingerprint density at radius 1 is 1.33 bits per heavy atom. The summed E-state index contributed by atoms with van der Waals surface area (Å²) in [5.74, 6) is 0.399. The second-order valence-corrected chi connectivity index (χ2v) is 8.32. The molecule has 0 aliphatic carbocycles. The Hall–Kier alpha value is -1.68. The number of hydrogen-bond donors (Lipinski definition) is 2. The van der Waals surface area contributed by atoms with Gasteiger partial charge in [0.2, 0.25) is 0 Å². The maximum atomic E-state index is 12.6. The van der Waals surface area contributed by atoms with Gasteiger partial charge in [-0.1, -0.05) is 12.1 Å². The van der Waals surface area contributed by atoms with Gasteiger partial charge in [-0.15, -0.1) is 24.0 Å². The van der Waals surface area contributed by atoms with Crippen molar-refractivity contribution in [3.8, 4) is 0 Å². The lowest BCUT2D eigenvalue weighted by Gasteiger charge is -2.32. The fourth-order valence-electron chi connectivity index (χ4n) is 2.84. The summed E-state index contributed by atoms with van der Waals surface area (Å²) in [5, 5.41) is 16.9. The molecule has 1 aromatic rings. The molecular weight excluding hydrogens is 542 g/mol. The number of nitro benzene ring substituents is 1. The number of alkyl halides is 3. The quantitative estimate of drug-likeness (QED) is 0.180. The average Bonchev–Trinajstić information content (AvgIpc) is 2.66. The third kappa shape index (κ3) is 6.94. The van der Waals surface area contributed by atoms with Crippen LogP contribution in [0.1, 0.15) is 25.3 Å². The van der Waals surface area contributed by atoms with Crippen molar-refractivity contribution in [1.82, 2.24) is 14.9 Å². The number of guanidine groups is 1. The third-order valence-electron chi connectivity index (χ3n) is 4.31. The number of nitrogens with zero attached hydrogens (tertiary/aromatic N) is 3. The number of benzene rings is 1. The standard InChI is InChI=1S/C16H22F3N5O4S.HI/c1-2-20-15(21-11-12-4-3-5-14(10-12)24(25)26)22-13-6-8-23(9-7-13)29(27,28)16(17,18)19;/h3-5,10,13H,2,6-9,11H2,1H3,(H2,20,21,22);1H. The van der Waals surface area contributed by atoms with Crippen molar-refractivity contribution in [2.45, 2.75) is 37.9 Å². The number of non-ortho nitro benzene ring substituents is 1. The molecule has 1 fully saturated rings. The highest BCUT2D eigenvalue weighted by Gasteiger charge is 2.50. The molecule has 9 nitrogen and oxygen atoms in total. The Morgan fingerprint density at radius 3 is 2.50 bits per heavy atom. The van der Waals surface area contributed by atoms with Crippen LogP contribution in [-0.2, 0) is 16.6 Å². The maximum absolute atomic E-state index is 12.6. The molecule has 0 radical (unpaired) electrons. The molecule has 2 N–H and O–H groups in total. The van der Waals surface area contributed by atoms with Gasteiger partial charge < -0.3 is 10.6 Å². The molecule has 30 heavy (non-hydrogen) atoms. The van der Waals surface area contributed by atoms with Crippen molar-refractivity contribution in [3.05, 3.63) is 39.9 Å². The zero-order valence-electron chi connectivity index (χ0n) is 16.1. The summed E-state index contributed by atoms with van der Waals surface area (Å²) in [6.07, 6.45) is 0.382. The van der Waals surface area contributed by atoms with Gasteiger partial charge in [0, 0.05) is 37.8 Å². The average molecular weight is 565 g/mol. The zero-order chi connectivity index (χ0) is 21.7. The molecule has 0 bridgehead atoms. The molecule has 170 valence electrons. The van der Waals surface area contributed by atoms with Crippen LogP contribution in [0, 0.1) is 10.1 Å². The van der Waals surface area contributed by atoms with E-state index in [2.05, 4.69) is 15.6 Å². The van der Waals surface area contributed by atoms with Crippen LogP contribution in [0.5, 0.6) is 0 Å². The summed E-state index contributed by atoms with van der Waals surface area (Å²) in [7, 11) is -5.31.